The van der Waals surface area contributed by atoms with Gasteiger partial charge in [-0.1, -0.05) is 19.8 Å². The molecule has 1 amide bonds. The van der Waals surface area contributed by atoms with E-state index in [-0.39, 0.29) is 24.4 Å². The molecule has 0 aliphatic carbocycles. The SMILES string of the molecule is CCCCCN(C(=O)c1ccc(N)cc1)C(C)C.Cl. The first-order chi connectivity index (χ1) is 8.56. The Morgan fingerprint density at radius 1 is 1.21 bits per heavy atom. The smallest absolute Gasteiger partial charge is 0.254 e. The standard InChI is InChI=1S/C15H24N2O.ClH/c1-4-5-6-11-17(12(2)3)15(18)13-7-9-14(16)10-8-13;/h7-10,12H,4-6,11,16H2,1-3H3;1H. The average Bonchev–Trinajstić information content (AvgIpc) is 2.34. The Morgan fingerprint density at radius 2 is 1.79 bits per heavy atom. The highest BCUT2D eigenvalue weighted by Crippen LogP contribution is 2.12. The average molecular weight is 285 g/mol. The molecule has 0 unspecified atom stereocenters. The molecule has 19 heavy (non-hydrogen) atoms. The predicted molar refractivity (Wildman–Crippen MR) is 83.8 cm³/mol. The number of nitrogens with two attached hydrogens (primary N) is 1. The Hall–Kier alpha value is -1.22. The number of carbonyl (C=O) groups is 1. The topological polar surface area (TPSA) is 46.3 Å². The van der Waals surface area contributed by atoms with Gasteiger partial charge < -0.3 is 10.6 Å². The van der Waals surface area contributed by atoms with E-state index in [9.17, 15) is 4.79 Å². The first-order valence-electron chi connectivity index (χ1n) is 6.72. The van der Waals surface area contributed by atoms with E-state index in [0.717, 1.165) is 24.9 Å². The van der Waals surface area contributed by atoms with Crippen molar-refractivity contribution in [2.24, 2.45) is 0 Å². The summed E-state index contributed by atoms with van der Waals surface area (Å²) < 4.78 is 0. The lowest BCUT2D eigenvalue weighted by Crippen LogP contribution is -2.37. The Balaban J connectivity index is 0.00000324. The molecule has 1 aromatic rings. The molecule has 0 radical (unpaired) electrons. The van der Waals surface area contributed by atoms with E-state index >= 15 is 0 Å². The fourth-order valence-electron chi connectivity index (χ4n) is 1.92. The van der Waals surface area contributed by atoms with Gasteiger partial charge in [-0.15, -0.1) is 12.4 Å². The highest BCUT2D eigenvalue weighted by atomic mass is 35.5. The summed E-state index contributed by atoms with van der Waals surface area (Å²) in [4.78, 5) is 14.3. The second kappa shape index (κ2) is 8.81. The highest BCUT2D eigenvalue weighted by molar-refractivity contribution is 5.94. The molecule has 3 nitrogen and oxygen atoms in total. The molecule has 0 aromatic heterocycles. The summed E-state index contributed by atoms with van der Waals surface area (Å²) in [7, 11) is 0. The number of halogens is 1. The molecular weight excluding hydrogens is 260 g/mol. The Bertz CT molecular complexity index is 376. The Morgan fingerprint density at radius 3 is 2.26 bits per heavy atom. The second-order valence-corrected chi connectivity index (χ2v) is 4.92. The molecule has 1 aromatic carbocycles. The third-order valence-electron chi connectivity index (χ3n) is 3.04. The van der Waals surface area contributed by atoms with Crippen molar-refractivity contribution in [3.8, 4) is 0 Å². The Labute approximate surface area is 122 Å². The first-order valence-corrected chi connectivity index (χ1v) is 6.72. The lowest BCUT2D eigenvalue weighted by molar-refractivity contribution is 0.0702. The van der Waals surface area contributed by atoms with Gasteiger partial charge in [-0.2, -0.15) is 0 Å². The van der Waals surface area contributed by atoms with Gasteiger partial charge in [0.1, 0.15) is 0 Å². The lowest BCUT2D eigenvalue weighted by atomic mass is 10.1. The van der Waals surface area contributed by atoms with Crippen LogP contribution in [0.25, 0.3) is 0 Å². The van der Waals surface area contributed by atoms with Crippen molar-refractivity contribution >= 4 is 24.0 Å². The molecule has 0 fully saturated rings. The number of hydrogen-bond acceptors (Lipinski definition) is 2. The first kappa shape index (κ1) is 17.8. The van der Waals surface area contributed by atoms with Gasteiger partial charge in [0, 0.05) is 23.8 Å². The number of unbranched alkanes of at least 4 members (excludes halogenated alkanes) is 2. The number of nitrogens with zero attached hydrogens (tertiary/aromatic N) is 1. The molecule has 0 heterocycles. The highest BCUT2D eigenvalue weighted by Gasteiger charge is 2.17. The Kier molecular flexibility index (Phi) is 8.24. The number of nitrogen functional groups attached to an aromatic ring is 1. The van der Waals surface area contributed by atoms with Gasteiger partial charge in [0.25, 0.3) is 5.91 Å². The van der Waals surface area contributed by atoms with Gasteiger partial charge in [-0.25, -0.2) is 0 Å². The third-order valence-corrected chi connectivity index (χ3v) is 3.04. The van der Waals surface area contributed by atoms with E-state index in [0.29, 0.717) is 5.69 Å². The number of carbonyl (C=O) groups excluding carboxylic acids is 1. The zero-order chi connectivity index (χ0) is 13.5. The van der Waals surface area contributed by atoms with E-state index in [1.54, 1.807) is 24.3 Å². The van der Waals surface area contributed by atoms with Gasteiger partial charge >= 0.3 is 0 Å². The number of amides is 1. The number of anilines is 1. The number of rotatable bonds is 6. The fourth-order valence-corrected chi connectivity index (χ4v) is 1.92. The molecule has 0 bridgehead atoms. The summed E-state index contributed by atoms with van der Waals surface area (Å²) in [6.45, 7) is 7.11. The zero-order valence-corrected chi connectivity index (χ0v) is 12.9. The fraction of sp³-hybridized carbons (Fsp3) is 0.533. The second-order valence-electron chi connectivity index (χ2n) is 4.92. The van der Waals surface area contributed by atoms with E-state index in [1.807, 2.05) is 4.90 Å². The van der Waals surface area contributed by atoms with Crippen LogP contribution in [0.5, 0.6) is 0 Å². The van der Waals surface area contributed by atoms with Crippen LogP contribution < -0.4 is 5.73 Å². The van der Waals surface area contributed by atoms with E-state index in [2.05, 4.69) is 20.8 Å². The van der Waals surface area contributed by atoms with Crippen LogP contribution in [-0.4, -0.2) is 23.4 Å². The van der Waals surface area contributed by atoms with Crippen molar-refractivity contribution in [1.29, 1.82) is 0 Å². The van der Waals surface area contributed by atoms with Crippen LogP contribution in [0, 0.1) is 0 Å². The normalized spacial score (nSPS) is 10.1. The third kappa shape index (κ3) is 5.52. The monoisotopic (exact) mass is 284 g/mol. The summed E-state index contributed by atoms with van der Waals surface area (Å²) in [5.74, 6) is 0.0982. The molecule has 0 spiro atoms. The summed E-state index contributed by atoms with van der Waals surface area (Å²) in [5.41, 5.74) is 7.04. The minimum Gasteiger partial charge on any atom is -0.399 e. The van der Waals surface area contributed by atoms with Crippen LogP contribution >= 0.6 is 12.4 Å². The molecular formula is C15H25ClN2O. The summed E-state index contributed by atoms with van der Waals surface area (Å²) in [6.07, 6.45) is 3.40. The summed E-state index contributed by atoms with van der Waals surface area (Å²) >= 11 is 0. The van der Waals surface area contributed by atoms with Crippen molar-refractivity contribution in [2.75, 3.05) is 12.3 Å². The molecule has 0 saturated carbocycles. The van der Waals surface area contributed by atoms with Gasteiger partial charge in [-0.05, 0) is 44.5 Å². The van der Waals surface area contributed by atoms with Crippen molar-refractivity contribution in [2.45, 2.75) is 46.1 Å². The molecule has 4 heteroatoms. The van der Waals surface area contributed by atoms with E-state index < -0.39 is 0 Å². The van der Waals surface area contributed by atoms with Crippen molar-refractivity contribution in [3.63, 3.8) is 0 Å². The summed E-state index contributed by atoms with van der Waals surface area (Å²) in [5, 5.41) is 0. The van der Waals surface area contributed by atoms with Crippen molar-refractivity contribution in [3.05, 3.63) is 29.8 Å². The summed E-state index contributed by atoms with van der Waals surface area (Å²) in [6, 6.07) is 7.38. The van der Waals surface area contributed by atoms with Gasteiger partial charge in [0.15, 0.2) is 0 Å². The number of hydrogen-bond donors (Lipinski definition) is 1. The maximum absolute atomic E-state index is 12.4. The molecule has 108 valence electrons. The van der Waals surface area contributed by atoms with Gasteiger partial charge in [0.2, 0.25) is 0 Å². The largest absolute Gasteiger partial charge is 0.399 e. The number of benzene rings is 1. The van der Waals surface area contributed by atoms with Crippen LogP contribution in [0.2, 0.25) is 0 Å². The minimum atomic E-state index is 0. The molecule has 0 aliphatic rings. The predicted octanol–water partition coefficient (Wildman–Crippen LogP) is 3.73. The maximum Gasteiger partial charge on any atom is 0.254 e. The zero-order valence-electron chi connectivity index (χ0n) is 12.1. The van der Waals surface area contributed by atoms with Crippen molar-refractivity contribution in [1.82, 2.24) is 4.90 Å². The van der Waals surface area contributed by atoms with Crippen LogP contribution in [0.15, 0.2) is 24.3 Å². The lowest BCUT2D eigenvalue weighted by Gasteiger charge is -2.27. The van der Waals surface area contributed by atoms with Crippen LogP contribution in [0.4, 0.5) is 5.69 Å². The van der Waals surface area contributed by atoms with Crippen LogP contribution in [0.3, 0.4) is 0 Å². The van der Waals surface area contributed by atoms with E-state index in [1.165, 1.54) is 6.42 Å². The maximum atomic E-state index is 12.4. The molecule has 0 saturated heterocycles. The molecule has 0 atom stereocenters. The molecule has 2 N–H and O–H groups in total. The van der Waals surface area contributed by atoms with Gasteiger partial charge in [-0.3, -0.25) is 4.79 Å². The molecule has 1 rings (SSSR count). The van der Waals surface area contributed by atoms with Crippen LogP contribution in [-0.2, 0) is 0 Å². The van der Waals surface area contributed by atoms with E-state index in [4.69, 9.17) is 5.73 Å². The minimum absolute atomic E-state index is 0. The van der Waals surface area contributed by atoms with Crippen LogP contribution in [0.1, 0.15) is 50.4 Å². The van der Waals surface area contributed by atoms with Crippen molar-refractivity contribution < 1.29 is 4.79 Å². The van der Waals surface area contributed by atoms with Gasteiger partial charge in [0.05, 0.1) is 0 Å². The quantitative estimate of drug-likeness (QED) is 0.639. The molecule has 0 aliphatic heterocycles.